The topological polar surface area (TPSA) is 38.9 Å². The lowest BCUT2D eigenvalue weighted by molar-refractivity contribution is 0.550. The summed E-state index contributed by atoms with van der Waals surface area (Å²) in [6, 6.07) is 0. The third kappa shape index (κ3) is 2.25. The minimum Gasteiger partial charge on any atom is -0.320 e. The van der Waals surface area contributed by atoms with Crippen molar-refractivity contribution in [1.29, 1.82) is 0 Å². The van der Waals surface area contributed by atoms with E-state index in [2.05, 4.69) is 4.98 Å². The Morgan fingerprint density at radius 1 is 1.60 bits per heavy atom. The van der Waals surface area contributed by atoms with E-state index in [-0.39, 0.29) is 17.9 Å². The van der Waals surface area contributed by atoms with Crippen molar-refractivity contribution in [3.8, 4) is 0 Å². The van der Waals surface area contributed by atoms with Crippen molar-refractivity contribution in [2.75, 3.05) is 0 Å². The number of nitrogens with two attached hydrogens (primary N) is 1. The molecule has 0 saturated carbocycles. The predicted molar refractivity (Wildman–Crippen MR) is 46.6 cm³/mol. The highest BCUT2D eigenvalue weighted by molar-refractivity contribution is 7.09. The second-order valence-electron chi connectivity index (χ2n) is 2.56. The van der Waals surface area contributed by atoms with Gasteiger partial charge >= 0.3 is 0 Å². The Bertz CT molecular complexity index is 178. The molecule has 0 aliphatic carbocycles. The van der Waals surface area contributed by atoms with Crippen LogP contribution in [-0.2, 0) is 5.54 Å². The summed E-state index contributed by atoms with van der Waals surface area (Å²) in [5.41, 5.74) is 5.48. The van der Waals surface area contributed by atoms with E-state index in [0.29, 0.717) is 0 Å². The molecular formula is C6H11ClN2S. The molecule has 4 heteroatoms. The van der Waals surface area contributed by atoms with Crippen LogP contribution in [0.1, 0.15) is 18.9 Å². The first kappa shape index (κ1) is 9.88. The van der Waals surface area contributed by atoms with Crippen molar-refractivity contribution in [2.24, 2.45) is 5.73 Å². The minimum atomic E-state index is -0.270. The fraction of sp³-hybridized carbons (Fsp3) is 0.500. The molecule has 0 aliphatic heterocycles. The highest BCUT2D eigenvalue weighted by atomic mass is 35.5. The summed E-state index contributed by atoms with van der Waals surface area (Å²) in [5.74, 6) is 0. The number of nitrogens with zero attached hydrogens (tertiary/aromatic N) is 1. The third-order valence-electron chi connectivity index (χ3n) is 0.984. The average molecular weight is 179 g/mol. The molecule has 0 amide bonds. The van der Waals surface area contributed by atoms with Crippen LogP contribution in [-0.4, -0.2) is 4.98 Å². The Morgan fingerprint density at radius 3 is 2.40 bits per heavy atom. The Morgan fingerprint density at radius 2 is 2.20 bits per heavy atom. The van der Waals surface area contributed by atoms with Crippen molar-refractivity contribution in [2.45, 2.75) is 19.4 Å². The maximum Gasteiger partial charge on any atom is 0.112 e. The first-order chi connectivity index (χ1) is 4.11. The van der Waals surface area contributed by atoms with E-state index in [1.165, 1.54) is 0 Å². The van der Waals surface area contributed by atoms with Gasteiger partial charge in [-0.1, -0.05) is 0 Å². The molecule has 0 fully saturated rings. The van der Waals surface area contributed by atoms with Crippen LogP contribution in [0.4, 0.5) is 0 Å². The van der Waals surface area contributed by atoms with Gasteiger partial charge in [0.2, 0.25) is 0 Å². The molecule has 1 heterocycles. The highest BCUT2D eigenvalue weighted by Gasteiger charge is 2.15. The van der Waals surface area contributed by atoms with Crippen LogP contribution < -0.4 is 5.73 Å². The summed E-state index contributed by atoms with van der Waals surface area (Å²) in [6.07, 6.45) is 1.77. The Labute approximate surface area is 70.9 Å². The van der Waals surface area contributed by atoms with E-state index in [1.54, 1.807) is 17.5 Å². The average Bonchev–Trinajstić information content (AvgIpc) is 2.08. The SMILES string of the molecule is CC(C)(N)c1nccs1.Cl. The molecule has 1 aromatic heterocycles. The number of rotatable bonds is 1. The van der Waals surface area contributed by atoms with Crippen LogP contribution in [0, 0.1) is 0 Å². The standard InChI is InChI=1S/C6H10N2S.ClH/c1-6(2,7)5-8-3-4-9-5;/h3-4H,7H2,1-2H3;1H. The van der Waals surface area contributed by atoms with Crippen LogP contribution in [0.2, 0.25) is 0 Å². The van der Waals surface area contributed by atoms with Crippen molar-refractivity contribution >= 4 is 23.7 Å². The third-order valence-corrected chi connectivity index (χ3v) is 2.10. The van der Waals surface area contributed by atoms with Crippen molar-refractivity contribution in [3.05, 3.63) is 16.6 Å². The summed E-state index contributed by atoms with van der Waals surface area (Å²) in [7, 11) is 0. The molecule has 10 heavy (non-hydrogen) atoms. The van der Waals surface area contributed by atoms with Crippen LogP contribution in [0.3, 0.4) is 0 Å². The van der Waals surface area contributed by atoms with E-state index in [4.69, 9.17) is 5.73 Å². The van der Waals surface area contributed by atoms with E-state index >= 15 is 0 Å². The first-order valence-electron chi connectivity index (χ1n) is 2.79. The highest BCUT2D eigenvalue weighted by Crippen LogP contribution is 2.17. The summed E-state index contributed by atoms with van der Waals surface area (Å²) < 4.78 is 0. The van der Waals surface area contributed by atoms with Gasteiger partial charge in [0, 0.05) is 11.6 Å². The van der Waals surface area contributed by atoms with Gasteiger partial charge in [-0.3, -0.25) is 0 Å². The van der Waals surface area contributed by atoms with Gasteiger partial charge < -0.3 is 5.73 Å². The van der Waals surface area contributed by atoms with Crippen molar-refractivity contribution in [1.82, 2.24) is 4.98 Å². The predicted octanol–water partition coefficient (Wildman–Crippen LogP) is 1.76. The maximum atomic E-state index is 5.75. The van der Waals surface area contributed by atoms with Gasteiger partial charge in [0.1, 0.15) is 5.01 Å². The van der Waals surface area contributed by atoms with Gasteiger partial charge in [-0.25, -0.2) is 4.98 Å². The molecule has 0 atom stereocenters. The molecule has 1 aromatic rings. The molecule has 0 aromatic carbocycles. The minimum absolute atomic E-state index is 0. The van der Waals surface area contributed by atoms with Crippen LogP contribution in [0.25, 0.3) is 0 Å². The largest absolute Gasteiger partial charge is 0.320 e. The van der Waals surface area contributed by atoms with Crippen LogP contribution in [0.15, 0.2) is 11.6 Å². The van der Waals surface area contributed by atoms with Gasteiger partial charge in [-0.05, 0) is 13.8 Å². The van der Waals surface area contributed by atoms with Crippen molar-refractivity contribution < 1.29 is 0 Å². The molecule has 58 valence electrons. The Kier molecular flexibility index (Phi) is 3.28. The number of hydrogen-bond acceptors (Lipinski definition) is 3. The molecule has 0 aliphatic rings. The summed E-state index contributed by atoms with van der Waals surface area (Å²) >= 11 is 1.59. The Balaban J connectivity index is 0.000000810. The number of halogens is 1. The van der Waals surface area contributed by atoms with E-state index in [0.717, 1.165) is 5.01 Å². The number of aromatic nitrogens is 1. The molecule has 1 rings (SSSR count). The van der Waals surface area contributed by atoms with Gasteiger partial charge in [-0.15, -0.1) is 23.7 Å². The fourth-order valence-corrected chi connectivity index (χ4v) is 1.22. The van der Waals surface area contributed by atoms with E-state index in [9.17, 15) is 0 Å². The normalized spacial score (nSPS) is 10.7. The summed E-state index contributed by atoms with van der Waals surface area (Å²) in [5, 5.41) is 2.92. The van der Waals surface area contributed by atoms with Crippen molar-refractivity contribution in [3.63, 3.8) is 0 Å². The summed E-state index contributed by atoms with van der Waals surface area (Å²) in [6.45, 7) is 3.90. The number of hydrogen-bond donors (Lipinski definition) is 1. The summed E-state index contributed by atoms with van der Waals surface area (Å²) in [4.78, 5) is 4.08. The van der Waals surface area contributed by atoms with Crippen LogP contribution in [0.5, 0.6) is 0 Å². The zero-order chi connectivity index (χ0) is 6.91. The molecule has 0 unspecified atom stereocenters. The molecule has 0 radical (unpaired) electrons. The molecular weight excluding hydrogens is 168 g/mol. The van der Waals surface area contributed by atoms with E-state index in [1.807, 2.05) is 19.2 Å². The van der Waals surface area contributed by atoms with E-state index < -0.39 is 0 Å². The van der Waals surface area contributed by atoms with Gasteiger partial charge in [-0.2, -0.15) is 0 Å². The lowest BCUT2D eigenvalue weighted by Crippen LogP contribution is -2.28. The second-order valence-corrected chi connectivity index (χ2v) is 3.45. The van der Waals surface area contributed by atoms with Gasteiger partial charge in [0.25, 0.3) is 0 Å². The van der Waals surface area contributed by atoms with Gasteiger partial charge in [0.15, 0.2) is 0 Å². The Hall–Kier alpha value is -0.120. The monoisotopic (exact) mass is 178 g/mol. The molecule has 0 saturated heterocycles. The van der Waals surface area contributed by atoms with Gasteiger partial charge in [0.05, 0.1) is 5.54 Å². The lowest BCUT2D eigenvalue weighted by atomic mass is 10.1. The smallest absolute Gasteiger partial charge is 0.112 e. The molecule has 2 nitrogen and oxygen atoms in total. The fourth-order valence-electron chi connectivity index (χ4n) is 0.542. The molecule has 2 N–H and O–H groups in total. The zero-order valence-electron chi connectivity index (χ0n) is 6.00. The second kappa shape index (κ2) is 3.32. The molecule has 0 bridgehead atoms. The first-order valence-corrected chi connectivity index (χ1v) is 3.67. The molecule has 0 spiro atoms. The lowest BCUT2D eigenvalue weighted by Gasteiger charge is -2.13. The van der Waals surface area contributed by atoms with Crippen LogP contribution >= 0.6 is 23.7 Å². The maximum absolute atomic E-state index is 5.75. The quantitative estimate of drug-likeness (QED) is 0.712. The number of thiazole rings is 1. The zero-order valence-corrected chi connectivity index (χ0v) is 7.63.